The van der Waals surface area contributed by atoms with E-state index in [1.807, 2.05) is 18.2 Å². The second kappa shape index (κ2) is 5.68. The number of carboxylic acid groups (broad SMARTS) is 1. The number of carboxylic acids is 1. The standard InChI is InChI=1S/C12H14N2O3S/c1-17-8-4-5-9-10(7-8)18-12(14-9)13-6-2-3-11(15)16/h4-5,7H,2-3,6H2,1H3,(H,13,14)(H,15,16). The van der Waals surface area contributed by atoms with Crippen LogP contribution in [0.4, 0.5) is 5.13 Å². The summed E-state index contributed by atoms with van der Waals surface area (Å²) < 4.78 is 6.20. The Morgan fingerprint density at radius 3 is 3.11 bits per heavy atom. The summed E-state index contributed by atoms with van der Waals surface area (Å²) in [5.41, 5.74) is 0.918. The summed E-state index contributed by atoms with van der Waals surface area (Å²) in [4.78, 5) is 14.8. The number of anilines is 1. The molecule has 0 saturated carbocycles. The third-order valence-electron chi connectivity index (χ3n) is 2.44. The molecule has 2 rings (SSSR count). The van der Waals surface area contributed by atoms with Crippen molar-refractivity contribution < 1.29 is 14.6 Å². The zero-order chi connectivity index (χ0) is 13.0. The Hall–Kier alpha value is -1.82. The van der Waals surface area contributed by atoms with E-state index >= 15 is 0 Å². The first kappa shape index (κ1) is 12.6. The average Bonchev–Trinajstić information content (AvgIpc) is 2.75. The summed E-state index contributed by atoms with van der Waals surface area (Å²) in [6.45, 7) is 0.614. The van der Waals surface area contributed by atoms with Gasteiger partial charge in [0.1, 0.15) is 5.75 Å². The zero-order valence-corrected chi connectivity index (χ0v) is 10.8. The van der Waals surface area contributed by atoms with E-state index < -0.39 is 5.97 Å². The quantitative estimate of drug-likeness (QED) is 0.786. The van der Waals surface area contributed by atoms with Crippen LogP contribution in [-0.2, 0) is 4.79 Å². The van der Waals surface area contributed by atoms with E-state index in [2.05, 4.69) is 10.3 Å². The highest BCUT2D eigenvalue weighted by Crippen LogP contribution is 2.28. The molecule has 0 radical (unpaired) electrons. The van der Waals surface area contributed by atoms with Crippen molar-refractivity contribution in [3.8, 4) is 5.75 Å². The Balaban J connectivity index is 1.99. The van der Waals surface area contributed by atoms with E-state index in [0.29, 0.717) is 13.0 Å². The van der Waals surface area contributed by atoms with Crippen LogP contribution in [0.3, 0.4) is 0 Å². The summed E-state index contributed by atoms with van der Waals surface area (Å²) in [6.07, 6.45) is 0.764. The molecule has 1 heterocycles. The monoisotopic (exact) mass is 266 g/mol. The number of fused-ring (bicyclic) bond motifs is 1. The normalized spacial score (nSPS) is 10.5. The Labute approximate surface area is 108 Å². The molecule has 0 bridgehead atoms. The molecular formula is C12H14N2O3S. The highest BCUT2D eigenvalue weighted by atomic mass is 32.1. The number of ether oxygens (including phenoxy) is 1. The molecule has 0 fully saturated rings. The topological polar surface area (TPSA) is 71.5 Å². The average molecular weight is 266 g/mol. The molecule has 0 unspecified atom stereocenters. The van der Waals surface area contributed by atoms with Gasteiger partial charge < -0.3 is 15.2 Å². The number of thiazole rings is 1. The predicted molar refractivity (Wildman–Crippen MR) is 71.5 cm³/mol. The Bertz CT molecular complexity index is 553. The van der Waals surface area contributed by atoms with Gasteiger partial charge in [0.05, 0.1) is 17.3 Å². The number of hydrogen-bond acceptors (Lipinski definition) is 5. The van der Waals surface area contributed by atoms with Gasteiger partial charge in [0.15, 0.2) is 5.13 Å². The van der Waals surface area contributed by atoms with Gasteiger partial charge >= 0.3 is 5.97 Å². The largest absolute Gasteiger partial charge is 0.497 e. The van der Waals surface area contributed by atoms with Crippen molar-refractivity contribution in [2.45, 2.75) is 12.8 Å². The highest BCUT2D eigenvalue weighted by molar-refractivity contribution is 7.22. The van der Waals surface area contributed by atoms with E-state index in [0.717, 1.165) is 21.1 Å². The molecule has 18 heavy (non-hydrogen) atoms. The molecule has 0 atom stereocenters. The number of carbonyl (C=O) groups is 1. The zero-order valence-electron chi connectivity index (χ0n) is 9.97. The van der Waals surface area contributed by atoms with Gasteiger partial charge in [-0.2, -0.15) is 0 Å². The van der Waals surface area contributed by atoms with E-state index in [4.69, 9.17) is 9.84 Å². The molecule has 1 aromatic carbocycles. The molecule has 0 aliphatic carbocycles. The van der Waals surface area contributed by atoms with E-state index in [9.17, 15) is 4.79 Å². The lowest BCUT2D eigenvalue weighted by Gasteiger charge is -1.99. The number of hydrogen-bond donors (Lipinski definition) is 2. The van der Waals surface area contributed by atoms with Gasteiger partial charge in [-0.25, -0.2) is 4.98 Å². The second-order valence-corrected chi connectivity index (χ2v) is 4.81. The Morgan fingerprint density at radius 1 is 1.56 bits per heavy atom. The first-order valence-electron chi connectivity index (χ1n) is 5.59. The summed E-state index contributed by atoms with van der Waals surface area (Å²) >= 11 is 1.54. The van der Waals surface area contributed by atoms with Crippen molar-refractivity contribution in [2.75, 3.05) is 19.0 Å². The molecule has 1 aromatic heterocycles. The lowest BCUT2D eigenvalue weighted by molar-refractivity contribution is -0.137. The minimum absolute atomic E-state index is 0.172. The molecule has 2 aromatic rings. The van der Waals surface area contributed by atoms with Gasteiger partial charge in [0.2, 0.25) is 0 Å². The number of rotatable bonds is 6. The van der Waals surface area contributed by atoms with Gasteiger partial charge in [0.25, 0.3) is 0 Å². The minimum atomic E-state index is -0.772. The lowest BCUT2D eigenvalue weighted by Crippen LogP contribution is -2.04. The predicted octanol–water partition coefficient (Wildman–Crippen LogP) is 2.58. The molecule has 5 nitrogen and oxygen atoms in total. The van der Waals surface area contributed by atoms with Crippen LogP contribution in [0.15, 0.2) is 18.2 Å². The van der Waals surface area contributed by atoms with Gasteiger partial charge in [-0.1, -0.05) is 11.3 Å². The maximum absolute atomic E-state index is 10.4. The van der Waals surface area contributed by atoms with Crippen LogP contribution in [0, 0.1) is 0 Å². The third kappa shape index (κ3) is 3.10. The SMILES string of the molecule is COc1ccc2nc(NCCCC(=O)O)sc2c1. The summed E-state index contributed by atoms with van der Waals surface area (Å²) in [5.74, 6) is 0.0365. The highest BCUT2D eigenvalue weighted by Gasteiger charge is 2.04. The summed E-state index contributed by atoms with van der Waals surface area (Å²) in [6, 6.07) is 5.72. The van der Waals surface area contributed by atoms with Crippen molar-refractivity contribution in [3.63, 3.8) is 0 Å². The van der Waals surface area contributed by atoms with Crippen LogP contribution in [0.5, 0.6) is 5.75 Å². The Morgan fingerprint density at radius 2 is 2.39 bits per heavy atom. The number of benzene rings is 1. The molecule has 0 aliphatic heterocycles. The molecule has 0 aliphatic rings. The fourth-order valence-electron chi connectivity index (χ4n) is 1.54. The van der Waals surface area contributed by atoms with Crippen molar-refractivity contribution in [2.24, 2.45) is 0 Å². The van der Waals surface area contributed by atoms with Crippen LogP contribution in [0.25, 0.3) is 10.2 Å². The van der Waals surface area contributed by atoms with Crippen LogP contribution in [-0.4, -0.2) is 29.7 Å². The first-order valence-corrected chi connectivity index (χ1v) is 6.41. The third-order valence-corrected chi connectivity index (χ3v) is 3.42. The van der Waals surface area contributed by atoms with E-state index in [1.54, 1.807) is 7.11 Å². The molecule has 6 heteroatoms. The maximum atomic E-state index is 10.4. The van der Waals surface area contributed by atoms with Crippen molar-refractivity contribution in [3.05, 3.63) is 18.2 Å². The van der Waals surface area contributed by atoms with Crippen LogP contribution in [0.2, 0.25) is 0 Å². The smallest absolute Gasteiger partial charge is 0.303 e. The molecule has 0 amide bonds. The molecule has 0 spiro atoms. The lowest BCUT2D eigenvalue weighted by atomic mass is 10.3. The number of aromatic nitrogens is 1. The Kier molecular flexibility index (Phi) is 3.99. The number of nitrogens with zero attached hydrogens (tertiary/aromatic N) is 1. The van der Waals surface area contributed by atoms with Crippen molar-refractivity contribution >= 4 is 32.7 Å². The summed E-state index contributed by atoms with van der Waals surface area (Å²) in [7, 11) is 1.63. The number of methoxy groups -OCH3 is 1. The van der Waals surface area contributed by atoms with Crippen LogP contribution < -0.4 is 10.1 Å². The fourth-order valence-corrected chi connectivity index (χ4v) is 2.46. The van der Waals surface area contributed by atoms with Gasteiger partial charge in [-0.15, -0.1) is 0 Å². The van der Waals surface area contributed by atoms with Gasteiger partial charge in [-0.05, 0) is 24.6 Å². The van der Waals surface area contributed by atoms with Crippen molar-refractivity contribution in [1.82, 2.24) is 4.98 Å². The summed E-state index contributed by atoms with van der Waals surface area (Å²) in [5, 5.41) is 12.5. The van der Waals surface area contributed by atoms with Gasteiger partial charge in [0, 0.05) is 13.0 Å². The van der Waals surface area contributed by atoms with Crippen LogP contribution in [0.1, 0.15) is 12.8 Å². The maximum Gasteiger partial charge on any atom is 0.303 e. The van der Waals surface area contributed by atoms with Crippen molar-refractivity contribution in [1.29, 1.82) is 0 Å². The van der Waals surface area contributed by atoms with Crippen LogP contribution >= 0.6 is 11.3 Å². The minimum Gasteiger partial charge on any atom is -0.497 e. The fraction of sp³-hybridized carbons (Fsp3) is 0.333. The molecule has 0 saturated heterocycles. The first-order chi connectivity index (χ1) is 8.69. The molecular weight excluding hydrogens is 252 g/mol. The second-order valence-electron chi connectivity index (χ2n) is 3.78. The number of nitrogens with one attached hydrogen (secondary N) is 1. The number of aliphatic carboxylic acids is 1. The van der Waals surface area contributed by atoms with E-state index in [-0.39, 0.29) is 6.42 Å². The van der Waals surface area contributed by atoms with E-state index in [1.165, 1.54) is 11.3 Å². The van der Waals surface area contributed by atoms with Gasteiger partial charge in [-0.3, -0.25) is 4.79 Å². The molecule has 2 N–H and O–H groups in total. The molecule has 96 valence electrons.